The molecule has 0 radical (unpaired) electrons. The van der Waals surface area contributed by atoms with Crippen molar-refractivity contribution in [1.82, 2.24) is 4.98 Å². The Kier molecular flexibility index (Phi) is 6.50. The molecule has 9 rings (SSSR count). The summed E-state index contributed by atoms with van der Waals surface area (Å²) in [5.41, 5.74) is 7.56. The van der Waals surface area contributed by atoms with E-state index in [9.17, 15) is 0 Å². The van der Waals surface area contributed by atoms with Crippen LogP contribution in [0.25, 0.3) is 59.7 Å². The van der Waals surface area contributed by atoms with Crippen molar-refractivity contribution in [3.8, 4) is 0 Å². The molecular formula is C44H31N3. The average Bonchev–Trinajstić information content (AvgIpc) is 3.13. The van der Waals surface area contributed by atoms with Crippen molar-refractivity contribution in [2.75, 3.05) is 0 Å². The third-order valence-corrected chi connectivity index (χ3v) is 9.55. The number of aromatic nitrogens is 1. The van der Waals surface area contributed by atoms with Gasteiger partial charge in [-0.3, -0.25) is 4.98 Å². The van der Waals surface area contributed by atoms with Crippen LogP contribution in [0, 0.1) is 0 Å². The van der Waals surface area contributed by atoms with Crippen LogP contribution in [0.1, 0.15) is 36.5 Å². The molecule has 8 aromatic rings. The zero-order valence-corrected chi connectivity index (χ0v) is 26.1. The van der Waals surface area contributed by atoms with E-state index in [1.807, 2.05) is 12.3 Å². The molecule has 0 spiro atoms. The van der Waals surface area contributed by atoms with Crippen molar-refractivity contribution in [3.63, 3.8) is 0 Å². The van der Waals surface area contributed by atoms with Crippen LogP contribution >= 0.6 is 0 Å². The summed E-state index contributed by atoms with van der Waals surface area (Å²) in [6, 6.07) is 49.7. The second-order valence-corrected chi connectivity index (χ2v) is 12.5. The summed E-state index contributed by atoms with van der Waals surface area (Å²) in [5, 5.41) is 10.8. The van der Waals surface area contributed by atoms with Gasteiger partial charge < -0.3 is 0 Å². The smallest absolute Gasteiger partial charge is 0.160 e. The lowest BCUT2D eigenvalue weighted by molar-refractivity contribution is 1.00. The molecule has 3 nitrogen and oxygen atoms in total. The first-order valence-electron chi connectivity index (χ1n) is 16.2. The van der Waals surface area contributed by atoms with Crippen LogP contribution in [0.3, 0.4) is 0 Å². The second kappa shape index (κ2) is 11.1. The van der Waals surface area contributed by atoms with Gasteiger partial charge in [-0.05, 0) is 81.4 Å². The lowest BCUT2D eigenvalue weighted by atomic mass is 9.94. The number of para-hydroxylation sites is 1. The first kappa shape index (κ1) is 27.4. The summed E-state index contributed by atoms with van der Waals surface area (Å²) in [6.07, 6.45) is 3.69. The van der Waals surface area contributed by atoms with Crippen molar-refractivity contribution in [2.45, 2.75) is 19.8 Å². The van der Waals surface area contributed by atoms with Gasteiger partial charge in [-0.2, -0.15) is 0 Å². The first-order chi connectivity index (χ1) is 23.2. The van der Waals surface area contributed by atoms with Crippen LogP contribution in [0.2, 0.25) is 0 Å². The summed E-state index contributed by atoms with van der Waals surface area (Å²) < 4.78 is 0. The van der Waals surface area contributed by atoms with Crippen LogP contribution in [0.4, 0.5) is 0 Å². The van der Waals surface area contributed by atoms with E-state index in [1.54, 1.807) is 0 Å². The van der Waals surface area contributed by atoms with E-state index in [-0.39, 0.29) is 0 Å². The van der Waals surface area contributed by atoms with Gasteiger partial charge in [0.1, 0.15) is 0 Å². The molecule has 3 heteroatoms. The number of benzene rings is 7. The third-order valence-electron chi connectivity index (χ3n) is 9.55. The highest BCUT2D eigenvalue weighted by molar-refractivity contribution is 6.22. The maximum atomic E-state index is 5.44. The minimum atomic E-state index is 0.730. The molecule has 0 saturated heterocycles. The lowest BCUT2D eigenvalue weighted by Gasteiger charge is -2.17. The minimum Gasteiger partial charge on any atom is -0.256 e. The van der Waals surface area contributed by atoms with Crippen LogP contribution in [-0.4, -0.2) is 16.5 Å². The van der Waals surface area contributed by atoms with Gasteiger partial charge in [0.15, 0.2) is 5.84 Å². The predicted molar refractivity (Wildman–Crippen MR) is 200 cm³/mol. The van der Waals surface area contributed by atoms with Gasteiger partial charge in [0, 0.05) is 33.5 Å². The molecule has 0 aliphatic carbocycles. The first-order valence-corrected chi connectivity index (χ1v) is 16.2. The van der Waals surface area contributed by atoms with Gasteiger partial charge in [-0.15, -0.1) is 0 Å². The van der Waals surface area contributed by atoms with E-state index in [1.165, 1.54) is 43.3 Å². The Morgan fingerprint density at radius 2 is 1.11 bits per heavy atom. The fourth-order valence-electron chi connectivity index (χ4n) is 7.08. The monoisotopic (exact) mass is 601 g/mol. The van der Waals surface area contributed by atoms with Gasteiger partial charge in [-0.1, -0.05) is 121 Å². The van der Waals surface area contributed by atoms with E-state index in [0.717, 1.165) is 63.1 Å². The van der Waals surface area contributed by atoms with Crippen LogP contribution in [0.5, 0.6) is 0 Å². The number of aliphatic imine (C=N–C) groups is 2. The van der Waals surface area contributed by atoms with E-state index >= 15 is 0 Å². The number of amidine groups is 1. The molecule has 7 aromatic carbocycles. The van der Waals surface area contributed by atoms with Crippen LogP contribution < -0.4 is 0 Å². The van der Waals surface area contributed by atoms with E-state index in [2.05, 4.69) is 140 Å². The largest absolute Gasteiger partial charge is 0.256 e. The highest BCUT2D eigenvalue weighted by Crippen LogP contribution is 2.34. The molecule has 0 atom stereocenters. The standard InChI is InChI=1S/C44H31N3/c1-28-15-24-40(33-21-18-30-17-16-29-9-5-6-12-36(29)38(30)25-33)46-44(47-43(28)32-10-3-2-4-11-32)34-22-19-31-20-23-35-27-45-41-14-8-7-13-37(41)42(35)39(31)26-34/h2-14,16-23,25-27H,15,24H2,1H3/b43-28+,46-40+,47-44-. The van der Waals surface area contributed by atoms with Gasteiger partial charge in [0.05, 0.1) is 16.9 Å². The molecule has 0 saturated carbocycles. The highest BCUT2D eigenvalue weighted by atomic mass is 14.9. The van der Waals surface area contributed by atoms with E-state index in [0.29, 0.717) is 0 Å². The molecule has 0 amide bonds. The zero-order chi connectivity index (χ0) is 31.3. The van der Waals surface area contributed by atoms with Gasteiger partial charge in [0.2, 0.25) is 0 Å². The number of nitrogens with zero attached hydrogens (tertiary/aromatic N) is 3. The number of fused-ring (bicyclic) bond motifs is 8. The third kappa shape index (κ3) is 4.79. The highest BCUT2D eigenvalue weighted by Gasteiger charge is 2.17. The zero-order valence-electron chi connectivity index (χ0n) is 26.1. The van der Waals surface area contributed by atoms with E-state index < -0.39 is 0 Å². The van der Waals surface area contributed by atoms with Crippen molar-refractivity contribution in [3.05, 3.63) is 168 Å². The normalized spacial score (nSPS) is 17.8. The minimum absolute atomic E-state index is 0.730. The number of hydrogen-bond donors (Lipinski definition) is 0. The Labute approximate surface area is 273 Å². The number of allylic oxidation sites excluding steroid dienone is 1. The SMILES string of the molecule is C\C1=C(c2ccccc2)/N=C(c2ccc3ccc4cnc5ccccc5c4c3c2)\N=C(\c2ccc3ccc4ccccc4c3c2)CC1. The Morgan fingerprint density at radius 1 is 0.468 bits per heavy atom. The quantitative estimate of drug-likeness (QED) is 0.186. The van der Waals surface area contributed by atoms with Gasteiger partial charge >= 0.3 is 0 Å². The molecule has 1 aliphatic rings. The van der Waals surface area contributed by atoms with Crippen molar-refractivity contribution in [2.24, 2.45) is 9.98 Å². The van der Waals surface area contributed by atoms with Gasteiger partial charge in [-0.25, -0.2) is 9.98 Å². The maximum Gasteiger partial charge on any atom is 0.160 e. The number of hydrogen-bond acceptors (Lipinski definition) is 3. The fraction of sp³-hybridized carbons (Fsp3) is 0.0682. The topological polar surface area (TPSA) is 37.6 Å². The average molecular weight is 602 g/mol. The van der Waals surface area contributed by atoms with Crippen molar-refractivity contribution in [1.29, 1.82) is 0 Å². The molecule has 1 aliphatic heterocycles. The molecule has 0 bridgehead atoms. The number of pyridine rings is 1. The van der Waals surface area contributed by atoms with E-state index in [4.69, 9.17) is 15.0 Å². The second-order valence-electron chi connectivity index (χ2n) is 12.5. The van der Waals surface area contributed by atoms with Crippen molar-refractivity contribution < 1.29 is 0 Å². The number of rotatable bonds is 3. The molecule has 0 N–H and O–H groups in total. The maximum absolute atomic E-state index is 5.44. The lowest BCUT2D eigenvalue weighted by Crippen LogP contribution is -2.10. The molecule has 0 fully saturated rings. The fourth-order valence-corrected chi connectivity index (χ4v) is 7.08. The van der Waals surface area contributed by atoms with Crippen LogP contribution in [-0.2, 0) is 0 Å². The summed E-state index contributed by atoms with van der Waals surface area (Å²) in [6.45, 7) is 2.22. The summed E-state index contributed by atoms with van der Waals surface area (Å²) in [5.74, 6) is 0.730. The van der Waals surface area contributed by atoms with Crippen molar-refractivity contribution >= 4 is 71.2 Å². The predicted octanol–water partition coefficient (Wildman–Crippen LogP) is 11.3. The Balaban J connectivity index is 1.28. The molecular weight excluding hydrogens is 571 g/mol. The van der Waals surface area contributed by atoms with Crippen LogP contribution in [0.15, 0.2) is 161 Å². The Hall–Kier alpha value is -5.93. The summed E-state index contributed by atoms with van der Waals surface area (Å²) in [4.78, 5) is 15.6. The molecule has 2 heterocycles. The Bertz CT molecular complexity index is 2620. The molecule has 47 heavy (non-hydrogen) atoms. The molecule has 1 aromatic heterocycles. The summed E-state index contributed by atoms with van der Waals surface area (Å²) >= 11 is 0. The Morgan fingerprint density at radius 3 is 1.96 bits per heavy atom. The summed E-state index contributed by atoms with van der Waals surface area (Å²) in [7, 11) is 0. The molecule has 0 unspecified atom stereocenters. The van der Waals surface area contributed by atoms with Gasteiger partial charge in [0.25, 0.3) is 0 Å². The molecule has 222 valence electrons.